The molecule has 2 aliphatic rings. The highest BCUT2D eigenvalue weighted by Crippen LogP contribution is 2.29. The van der Waals surface area contributed by atoms with Crippen LogP contribution in [0, 0.1) is 0 Å². The molecule has 1 atom stereocenters. The second kappa shape index (κ2) is 7.82. The van der Waals surface area contributed by atoms with Gasteiger partial charge in [-0.05, 0) is 49.4 Å². The average molecular weight is 374 g/mol. The molecule has 0 aliphatic carbocycles. The van der Waals surface area contributed by atoms with Crippen LogP contribution in [-0.2, 0) is 21.2 Å². The quantitative estimate of drug-likeness (QED) is 0.846. The highest BCUT2D eigenvalue weighted by molar-refractivity contribution is 7.89. The lowest BCUT2D eigenvalue weighted by molar-refractivity contribution is -0.116. The molecule has 0 aromatic heterocycles. The first-order valence-corrected chi connectivity index (χ1v) is 9.61. The first-order chi connectivity index (χ1) is 11.0. The van der Waals surface area contributed by atoms with Crippen LogP contribution in [-0.4, -0.2) is 37.8 Å². The molecular weight excluding hydrogens is 350 g/mol. The molecule has 0 spiro atoms. The van der Waals surface area contributed by atoms with Gasteiger partial charge in [-0.3, -0.25) is 4.79 Å². The number of nitrogens with one attached hydrogen (secondary N) is 1. The zero-order valence-corrected chi connectivity index (χ0v) is 15.2. The molecule has 0 radical (unpaired) electrons. The van der Waals surface area contributed by atoms with Crippen LogP contribution < -0.4 is 11.1 Å². The summed E-state index contributed by atoms with van der Waals surface area (Å²) in [6.07, 6.45) is 4.62. The van der Waals surface area contributed by atoms with Crippen molar-refractivity contribution in [1.82, 2.24) is 4.31 Å². The van der Waals surface area contributed by atoms with E-state index in [2.05, 4.69) is 5.32 Å². The van der Waals surface area contributed by atoms with E-state index in [1.54, 1.807) is 22.5 Å². The zero-order chi connectivity index (χ0) is 16.4. The molecule has 8 heteroatoms. The third-order valence-corrected chi connectivity index (χ3v) is 6.60. The second-order valence-corrected chi connectivity index (χ2v) is 8.11. The number of hydrogen-bond acceptors (Lipinski definition) is 4. The predicted molar refractivity (Wildman–Crippen MR) is 95.8 cm³/mol. The highest BCUT2D eigenvalue weighted by atomic mass is 35.5. The smallest absolute Gasteiger partial charge is 0.243 e. The van der Waals surface area contributed by atoms with Crippen molar-refractivity contribution < 1.29 is 13.2 Å². The largest absolute Gasteiger partial charge is 0.329 e. The number of sulfonamides is 1. The van der Waals surface area contributed by atoms with E-state index in [-0.39, 0.29) is 24.4 Å². The van der Waals surface area contributed by atoms with Crippen molar-refractivity contribution in [3.8, 4) is 0 Å². The van der Waals surface area contributed by atoms with Crippen molar-refractivity contribution in [2.45, 2.75) is 49.5 Å². The molecule has 2 heterocycles. The Morgan fingerprint density at radius 3 is 2.75 bits per heavy atom. The lowest BCUT2D eigenvalue weighted by Gasteiger charge is -2.34. The number of anilines is 1. The third-order valence-electron chi connectivity index (χ3n) is 4.65. The molecule has 1 amide bonds. The monoisotopic (exact) mass is 373 g/mol. The summed E-state index contributed by atoms with van der Waals surface area (Å²) >= 11 is 0. The van der Waals surface area contributed by atoms with Gasteiger partial charge in [0.25, 0.3) is 0 Å². The molecule has 1 unspecified atom stereocenters. The molecule has 24 heavy (non-hydrogen) atoms. The summed E-state index contributed by atoms with van der Waals surface area (Å²) in [5.41, 5.74) is 7.37. The molecule has 1 aromatic carbocycles. The van der Waals surface area contributed by atoms with Gasteiger partial charge in [-0.1, -0.05) is 6.42 Å². The lowest BCUT2D eigenvalue weighted by Crippen LogP contribution is -2.47. The fourth-order valence-electron chi connectivity index (χ4n) is 3.37. The fourth-order valence-corrected chi connectivity index (χ4v) is 5.13. The van der Waals surface area contributed by atoms with Gasteiger partial charge in [-0.2, -0.15) is 4.31 Å². The van der Waals surface area contributed by atoms with Crippen LogP contribution in [0.5, 0.6) is 0 Å². The maximum Gasteiger partial charge on any atom is 0.243 e. The van der Waals surface area contributed by atoms with Crippen LogP contribution in [0.25, 0.3) is 0 Å². The van der Waals surface area contributed by atoms with E-state index in [4.69, 9.17) is 5.73 Å². The molecule has 1 aromatic rings. The molecule has 1 saturated heterocycles. The molecule has 6 nitrogen and oxygen atoms in total. The molecule has 0 bridgehead atoms. The number of fused-ring (bicyclic) bond motifs is 1. The Labute approximate surface area is 149 Å². The lowest BCUT2D eigenvalue weighted by atomic mass is 10.1. The molecule has 2 aliphatic heterocycles. The first kappa shape index (κ1) is 19.2. The van der Waals surface area contributed by atoms with Crippen molar-refractivity contribution in [2.75, 3.05) is 18.4 Å². The van der Waals surface area contributed by atoms with Crippen molar-refractivity contribution in [3.63, 3.8) is 0 Å². The van der Waals surface area contributed by atoms with Gasteiger partial charge < -0.3 is 11.1 Å². The van der Waals surface area contributed by atoms with E-state index in [1.165, 1.54) is 0 Å². The summed E-state index contributed by atoms with van der Waals surface area (Å²) in [7, 11) is -3.54. The number of nitrogens with zero attached hydrogens (tertiary/aromatic N) is 1. The van der Waals surface area contributed by atoms with Gasteiger partial charge in [0, 0.05) is 31.2 Å². The summed E-state index contributed by atoms with van der Waals surface area (Å²) in [4.78, 5) is 11.9. The van der Waals surface area contributed by atoms with Gasteiger partial charge in [0.15, 0.2) is 0 Å². The summed E-state index contributed by atoms with van der Waals surface area (Å²) in [5.74, 6) is -0.0152. The molecule has 0 saturated carbocycles. The number of halogens is 1. The molecular formula is C16H24ClN3O3S. The zero-order valence-electron chi connectivity index (χ0n) is 13.5. The van der Waals surface area contributed by atoms with Gasteiger partial charge in [0.2, 0.25) is 15.9 Å². The minimum absolute atomic E-state index is 0. The number of carbonyl (C=O) groups is 1. The summed E-state index contributed by atoms with van der Waals surface area (Å²) in [6.45, 7) is 0.873. The minimum Gasteiger partial charge on any atom is -0.329 e. The number of aryl methyl sites for hydroxylation is 1. The number of benzene rings is 1. The molecule has 1 fully saturated rings. The van der Waals surface area contributed by atoms with E-state index in [9.17, 15) is 13.2 Å². The number of piperidine rings is 1. The first-order valence-electron chi connectivity index (χ1n) is 8.17. The van der Waals surface area contributed by atoms with Gasteiger partial charge in [0.05, 0.1) is 4.90 Å². The maximum absolute atomic E-state index is 13.0. The topological polar surface area (TPSA) is 92.5 Å². The maximum atomic E-state index is 13.0. The third kappa shape index (κ3) is 3.74. The summed E-state index contributed by atoms with van der Waals surface area (Å²) in [5, 5.41) is 2.83. The van der Waals surface area contributed by atoms with Gasteiger partial charge >= 0.3 is 0 Å². The van der Waals surface area contributed by atoms with Crippen molar-refractivity contribution >= 4 is 34.0 Å². The molecule has 3 rings (SSSR count). The van der Waals surface area contributed by atoms with E-state index in [0.717, 1.165) is 36.9 Å². The highest BCUT2D eigenvalue weighted by Gasteiger charge is 2.33. The average Bonchev–Trinajstić information content (AvgIpc) is 2.74. The van der Waals surface area contributed by atoms with E-state index in [0.29, 0.717) is 30.8 Å². The number of rotatable bonds is 3. The molecule has 3 N–H and O–H groups in total. The number of hydrogen-bond donors (Lipinski definition) is 2. The van der Waals surface area contributed by atoms with Crippen LogP contribution in [0.2, 0.25) is 0 Å². The number of amides is 1. The van der Waals surface area contributed by atoms with E-state index in [1.807, 2.05) is 0 Å². The van der Waals surface area contributed by atoms with Crippen LogP contribution in [0.3, 0.4) is 0 Å². The van der Waals surface area contributed by atoms with Crippen LogP contribution in [0.1, 0.15) is 37.7 Å². The second-order valence-electron chi connectivity index (χ2n) is 6.22. The SMILES string of the molecule is Cl.NCC1CCCCN1S(=O)(=O)c1ccc2c(c1)CCCC(=O)N2. The van der Waals surface area contributed by atoms with Crippen molar-refractivity contribution in [3.05, 3.63) is 23.8 Å². The Bertz CT molecular complexity index is 709. The Hall–Kier alpha value is -1.15. The summed E-state index contributed by atoms with van der Waals surface area (Å²) < 4.78 is 27.5. The van der Waals surface area contributed by atoms with Gasteiger partial charge in [-0.15, -0.1) is 12.4 Å². The number of nitrogens with two attached hydrogens (primary N) is 1. The fraction of sp³-hybridized carbons (Fsp3) is 0.562. The standard InChI is InChI=1S/C16H23N3O3S.ClH/c17-11-13-5-1-2-9-19(13)23(21,22)14-7-8-15-12(10-14)4-3-6-16(20)18-15;/h7-8,10,13H,1-6,9,11,17H2,(H,18,20);1H. The van der Waals surface area contributed by atoms with Crippen LogP contribution in [0.4, 0.5) is 5.69 Å². The number of carbonyl (C=O) groups excluding carboxylic acids is 1. The summed E-state index contributed by atoms with van der Waals surface area (Å²) in [6, 6.07) is 4.88. The predicted octanol–water partition coefficient (Wildman–Crippen LogP) is 1.89. The minimum atomic E-state index is -3.54. The Morgan fingerprint density at radius 2 is 2.00 bits per heavy atom. The normalized spacial score (nSPS) is 22.0. The van der Waals surface area contributed by atoms with E-state index >= 15 is 0 Å². The van der Waals surface area contributed by atoms with Gasteiger partial charge in [-0.25, -0.2) is 8.42 Å². The van der Waals surface area contributed by atoms with Crippen molar-refractivity contribution in [1.29, 1.82) is 0 Å². The van der Waals surface area contributed by atoms with Crippen molar-refractivity contribution in [2.24, 2.45) is 5.73 Å². The van der Waals surface area contributed by atoms with E-state index < -0.39 is 10.0 Å². The van der Waals surface area contributed by atoms with Crippen LogP contribution >= 0.6 is 12.4 Å². The Morgan fingerprint density at radius 1 is 1.21 bits per heavy atom. The Balaban J connectivity index is 0.00000208. The van der Waals surface area contributed by atoms with Crippen LogP contribution in [0.15, 0.2) is 23.1 Å². The Kier molecular flexibility index (Phi) is 6.25. The van der Waals surface area contributed by atoms with Gasteiger partial charge in [0.1, 0.15) is 0 Å². The molecule has 134 valence electrons.